The van der Waals surface area contributed by atoms with Crippen LogP contribution in [0, 0.1) is 5.92 Å². The van der Waals surface area contributed by atoms with Crippen molar-refractivity contribution in [3.8, 4) is 0 Å². The van der Waals surface area contributed by atoms with Crippen molar-refractivity contribution in [1.29, 1.82) is 0 Å². The molecular weight excluding hydrogens is 264 g/mol. The molecule has 1 N–H and O–H groups in total. The Morgan fingerprint density at radius 3 is 2.43 bits per heavy atom. The molecule has 0 radical (unpaired) electrons. The molecule has 1 aliphatic carbocycles. The molecule has 126 valence electrons. The summed E-state index contributed by atoms with van der Waals surface area (Å²) in [5.41, 5.74) is 0. The highest BCUT2D eigenvalue weighted by molar-refractivity contribution is 4.83. The van der Waals surface area contributed by atoms with Crippen molar-refractivity contribution in [2.75, 3.05) is 47.1 Å². The Bertz CT molecular complexity index is 245. The second-order valence-corrected chi connectivity index (χ2v) is 6.35. The van der Waals surface area contributed by atoms with E-state index in [0.29, 0.717) is 12.1 Å². The van der Waals surface area contributed by atoms with Gasteiger partial charge in [0.25, 0.3) is 0 Å². The maximum Gasteiger partial charge on any atom is 0.0615 e. The van der Waals surface area contributed by atoms with Crippen molar-refractivity contribution < 1.29 is 9.47 Å². The second kappa shape index (κ2) is 11.4. The van der Waals surface area contributed by atoms with E-state index >= 15 is 0 Å². The third-order valence-electron chi connectivity index (χ3n) is 4.73. The van der Waals surface area contributed by atoms with E-state index in [0.717, 1.165) is 38.8 Å². The quantitative estimate of drug-likeness (QED) is 0.636. The topological polar surface area (TPSA) is 33.7 Å². The average molecular weight is 300 g/mol. The number of hydrogen-bond donors (Lipinski definition) is 1. The van der Waals surface area contributed by atoms with Crippen LogP contribution in [0.2, 0.25) is 0 Å². The van der Waals surface area contributed by atoms with Gasteiger partial charge in [0.2, 0.25) is 0 Å². The monoisotopic (exact) mass is 300 g/mol. The molecule has 0 aromatic carbocycles. The van der Waals surface area contributed by atoms with Crippen molar-refractivity contribution in [2.45, 2.75) is 58.0 Å². The minimum absolute atomic E-state index is 0.440. The van der Waals surface area contributed by atoms with Gasteiger partial charge >= 0.3 is 0 Å². The van der Waals surface area contributed by atoms with E-state index in [-0.39, 0.29) is 0 Å². The summed E-state index contributed by atoms with van der Waals surface area (Å²) in [6, 6.07) is 1.04. The number of rotatable bonds is 11. The van der Waals surface area contributed by atoms with Gasteiger partial charge < -0.3 is 14.8 Å². The molecule has 4 heteroatoms. The number of ether oxygens (including phenoxy) is 2. The molecule has 1 aliphatic rings. The van der Waals surface area contributed by atoms with E-state index in [1.54, 1.807) is 14.2 Å². The van der Waals surface area contributed by atoms with Crippen molar-refractivity contribution in [3.05, 3.63) is 0 Å². The van der Waals surface area contributed by atoms with E-state index in [1.165, 1.54) is 32.1 Å². The molecule has 2 unspecified atom stereocenters. The SMILES string of the molecule is CCNC(CN(CCOC)C(C)COC)C1CCCCC1. The van der Waals surface area contributed by atoms with Gasteiger partial charge in [0.1, 0.15) is 0 Å². The zero-order chi connectivity index (χ0) is 15.5. The third kappa shape index (κ3) is 7.09. The van der Waals surface area contributed by atoms with Crippen LogP contribution in [0.3, 0.4) is 0 Å². The zero-order valence-corrected chi connectivity index (χ0v) is 14.6. The lowest BCUT2D eigenvalue weighted by atomic mass is 9.83. The summed E-state index contributed by atoms with van der Waals surface area (Å²) in [5.74, 6) is 0.832. The number of methoxy groups -OCH3 is 2. The first-order chi connectivity index (χ1) is 10.2. The fourth-order valence-electron chi connectivity index (χ4n) is 3.48. The van der Waals surface area contributed by atoms with Crippen molar-refractivity contribution >= 4 is 0 Å². The molecule has 1 saturated carbocycles. The Morgan fingerprint density at radius 2 is 1.86 bits per heavy atom. The standard InChI is InChI=1S/C17H36N2O2/c1-5-18-17(16-9-7-6-8-10-16)13-19(11-12-20-3)15(2)14-21-4/h15-18H,5-14H2,1-4H3. The van der Waals surface area contributed by atoms with Crippen LogP contribution in [-0.2, 0) is 9.47 Å². The van der Waals surface area contributed by atoms with Gasteiger partial charge in [-0.3, -0.25) is 4.90 Å². The van der Waals surface area contributed by atoms with E-state index in [1.807, 2.05) is 0 Å². The zero-order valence-electron chi connectivity index (χ0n) is 14.6. The molecule has 0 amide bonds. The first kappa shape index (κ1) is 18.9. The number of hydrogen-bond acceptors (Lipinski definition) is 4. The lowest BCUT2D eigenvalue weighted by molar-refractivity contribution is 0.0608. The third-order valence-corrected chi connectivity index (χ3v) is 4.73. The first-order valence-corrected chi connectivity index (χ1v) is 8.68. The van der Waals surface area contributed by atoms with Gasteiger partial charge in [-0.1, -0.05) is 26.2 Å². The molecule has 2 atom stereocenters. The van der Waals surface area contributed by atoms with E-state index in [4.69, 9.17) is 9.47 Å². The smallest absolute Gasteiger partial charge is 0.0615 e. The molecule has 21 heavy (non-hydrogen) atoms. The van der Waals surface area contributed by atoms with Crippen LogP contribution < -0.4 is 5.32 Å². The molecule has 0 aromatic rings. The maximum absolute atomic E-state index is 5.35. The Kier molecular flexibility index (Phi) is 10.3. The lowest BCUT2D eigenvalue weighted by Gasteiger charge is -2.37. The summed E-state index contributed by atoms with van der Waals surface area (Å²) in [4.78, 5) is 2.52. The first-order valence-electron chi connectivity index (χ1n) is 8.68. The van der Waals surface area contributed by atoms with Gasteiger partial charge in [-0.2, -0.15) is 0 Å². The van der Waals surface area contributed by atoms with Crippen LogP contribution >= 0.6 is 0 Å². The van der Waals surface area contributed by atoms with Crippen LogP contribution in [0.25, 0.3) is 0 Å². The molecule has 0 heterocycles. The number of nitrogens with one attached hydrogen (secondary N) is 1. The van der Waals surface area contributed by atoms with Crippen LogP contribution in [0.5, 0.6) is 0 Å². The van der Waals surface area contributed by atoms with Gasteiger partial charge in [0.05, 0.1) is 13.2 Å². The van der Waals surface area contributed by atoms with E-state index in [2.05, 4.69) is 24.1 Å². The Hall–Kier alpha value is -0.160. The van der Waals surface area contributed by atoms with E-state index < -0.39 is 0 Å². The normalized spacial score (nSPS) is 19.9. The highest BCUT2D eigenvalue weighted by Crippen LogP contribution is 2.27. The summed E-state index contributed by atoms with van der Waals surface area (Å²) >= 11 is 0. The maximum atomic E-state index is 5.35. The van der Waals surface area contributed by atoms with Crippen molar-refractivity contribution in [2.24, 2.45) is 5.92 Å². The lowest BCUT2D eigenvalue weighted by Crippen LogP contribution is -2.50. The fourth-order valence-corrected chi connectivity index (χ4v) is 3.48. The summed E-state index contributed by atoms with van der Waals surface area (Å²) in [5, 5.41) is 3.73. The molecule has 0 aliphatic heterocycles. The van der Waals surface area contributed by atoms with E-state index in [9.17, 15) is 0 Å². The Labute approximate surface area is 131 Å². The van der Waals surface area contributed by atoms with Gasteiger partial charge in [-0.25, -0.2) is 0 Å². The highest BCUT2D eigenvalue weighted by atomic mass is 16.5. The van der Waals surface area contributed by atoms with Crippen LogP contribution in [0.4, 0.5) is 0 Å². The predicted octanol–water partition coefficient (Wildman–Crippen LogP) is 2.53. The Balaban J connectivity index is 2.60. The second-order valence-electron chi connectivity index (χ2n) is 6.35. The molecule has 0 saturated heterocycles. The molecule has 0 aromatic heterocycles. The van der Waals surface area contributed by atoms with Gasteiger partial charge in [-0.15, -0.1) is 0 Å². The minimum atomic E-state index is 0.440. The summed E-state index contributed by atoms with van der Waals surface area (Å²) < 4.78 is 10.6. The summed E-state index contributed by atoms with van der Waals surface area (Å²) in [6.07, 6.45) is 6.99. The molecule has 0 spiro atoms. The minimum Gasteiger partial charge on any atom is -0.383 e. The Morgan fingerprint density at radius 1 is 1.14 bits per heavy atom. The highest BCUT2D eigenvalue weighted by Gasteiger charge is 2.26. The number of likely N-dealkylation sites (N-methyl/N-ethyl adjacent to an activating group) is 1. The van der Waals surface area contributed by atoms with Crippen molar-refractivity contribution in [1.82, 2.24) is 10.2 Å². The molecular formula is C17H36N2O2. The summed E-state index contributed by atoms with van der Waals surface area (Å²) in [6.45, 7) is 9.18. The number of nitrogens with zero attached hydrogens (tertiary/aromatic N) is 1. The average Bonchev–Trinajstić information content (AvgIpc) is 2.51. The van der Waals surface area contributed by atoms with Crippen LogP contribution in [-0.4, -0.2) is 64.1 Å². The molecule has 1 rings (SSSR count). The fraction of sp³-hybridized carbons (Fsp3) is 1.00. The van der Waals surface area contributed by atoms with Crippen molar-refractivity contribution in [3.63, 3.8) is 0 Å². The van der Waals surface area contributed by atoms with Gasteiger partial charge in [-0.05, 0) is 32.2 Å². The van der Waals surface area contributed by atoms with Crippen LogP contribution in [0.1, 0.15) is 46.0 Å². The predicted molar refractivity (Wildman–Crippen MR) is 88.8 cm³/mol. The largest absolute Gasteiger partial charge is 0.383 e. The van der Waals surface area contributed by atoms with Gasteiger partial charge in [0, 0.05) is 39.4 Å². The van der Waals surface area contributed by atoms with Crippen LogP contribution in [0.15, 0.2) is 0 Å². The van der Waals surface area contributed by atoms with Gasteiger partial charge in [0.15, 0.2) is 0 Å². The molecule has 4 nitrogen and oxygen atoms in total. The summed E-state index contributed by atoms with van der Waals surface area (Å²) in [7, 11) is 3.57. The molecule has 1 fully saturated rings. The molecule has 0 bridgehead atoms.